The SMILES string of the molecule is C=CC(=C)C(=O)NCc1ccccn1.COc1ccc(C2=NC(C)=CSc3ccccc32)cc1. The van der Waals surface area contributed by atoms with Gasteiger partial charge in [0.15, 0.2) is 0 Å². The van der Waals surface area contributed by atoms with E-state index in [1.165, 1.54) is 16.5 Å². The first-order valence-corrected chi connectivity index (χ1v) is 11.5. The molecule has 4 rings (SSSR count). The molecular formula is C28H27N3O2S. The van der Waals surface area contributed by atoms with Crippen molar-refractivity contribution in [3.63, 3.8) is 0 Å². The molecular weight excluding hydrogens is 442 g/mol. The third-order valence-electron chi connectivity index (χ3n) is 4.84. The van der Waals surface area contributed by atoms with Crippen molar-refractivity contribution in [1.82, 2.24) is 10.3 Å². The van der Waals surface area contributed by atoms with Gasteiger partial charge in [0.05, 0.1) is 25.1 Å². The van der Waals surface area contributed by atoms with E-state index in [0.29, 0.717) is 12.1 Å². The minimum atomic E-state index is -0.217. The van der Waals surface area contributed by atoms with Gasteiger partial charge in [0.1, 0.15) is 5.75 Å². The molecule has 0 fully saturated rings. The Balaban J connectivity index is 0.000000204. The number of methoxy groups -OCH3 is 1. The number of nitrogens with zero attached hydrogens (tertiary/aromatic N) is 2. The highest BCUT2D eigenvalue weighted by Crippen LogP contribution is 2.31. The Morgan fingerprint density at radius 1 is 1.09 bits per heavy atom. The van der Waals surface area contributed by atoms with E-state index in [4.69, 9.17) is 9.73 Å². The number of allylic oxidation sites excluding steroid dienone is 1. The lowest BCUT2D eigenvalue weighted by molar-refractivity contribution is -0.117. The van der Waals surface area contributed by atoms with Crippen molar-refractivity contribution in [2.75, 3.05) is 7.11 Å². The maximum atomic E-state index is 11.2. The molecule has 0 spiro atoms. The van der Waals surface area contributed by atoms with E-state index < -0.39 is 0 Å². The molecule has 34 heavy (non-hydrogen) atoms. The van der Waals surface area contributed by atoms with Gasteiger partial charge in [0.2, 0.25) is 0 Å². The van der Waals surface area contributed by atoms with Crippen molar-refractivity contribution < 1.29 is 9.53 Å². The van der Waals surface area contributed by atoms with Gasteiger partial charge in [-0.25, -0.2) is 0 Å². The van der Waals surface area contributed by atoms with Crippen LogP contribution in [-0.2, 0) is 11.3 Å². The Morgan fingerprint density at radius 3 is 2.50 bits per heavy atom. The van der Waals surface area contributed by atoms with Crippen molar-refractivity contribution in [2.45, 2.75) is 18.4 Å². The zero-order valence-corrected chi connectivity index (χ0v) is 20.1. The molecule has 0 atom stereocenters. The molecule has 1 N–H and O–H groups in total. The lowest BCUT2D eigenvalue weighted by atomic mass is 10.0. The van der Waals surface area contributed by atoms with Crippen LogP contribution in [0.2, 0.25) is 0 Å². The number of carbonyl (C=O) groups excluding carboxylic acids is 1. The third-order valence-corrected chi connectivity index (χ3v) is 5.91. The number of aliphatic imine (C=N–C) groups is 1. The van der Waals surface area contributed by atoms with Gasteiger partial charge >= 0.3 is 0 Å². The van der Waals surface area contributed by atoms with Crippen molar-refractivity contribution in [3.05, 3.63) is 126 Å². The summed E-state index contributed by atoms with van der Waals surface area (Å²) in [6.07, 6.45) is 3.11. The lowest BCUT2D eigenvalue weighted by Crippen LogP contribution is -2.23. The predicted octanol–water partition coefficient (Wildman–Crippen LogP) is 5.94. The average molecular weight is 470 g/mol. The zero-order chi connectivity index (χ0) is 24.3. The summed E-state index contributed by atoms with van der Waals surface area (Å²) in [4.78, 5) is 21.3. The Bertz CT molecular complexity index is 1220. The molecule has 1 aromatic heterocycles. The average Bonchev–Trinajstić information content (AvgIpc) is 3.06. The molecule has 2 heterocycles. The summed E-state index contributed by atoms with van der Waals surface area (Å²) in [6, 6.07) is 22.0. The van der Waals surface area contributed by atoms with E-state index in [0.717, 1.165) is 28.4 Å². The van der Waals surface area contributed by atoms with Crippen LogP contribution in [0, 0.1) is 0 Å². The van der Waals surface area contributed by atoms with Crippen molar-refractivity contribution in [3.8, 4) is 5.75 Å². The number of pyridine rings is 1. The van der Waals surface area contributed by atoms with E-state index in [-0.39, 0.29) is 5.91 Å². The summed E-state index contributed by atoms with van der Waals surface area (Å²) < 4.78 is 5.22. The largest absolute Gasteiger partial charge is 0.497 e. The van der Waals surface area contributed by atoms with Crippen LogP contribution in [0.1, 0.15) is 23.7 Å². The minimum Gasteiger partial charge on any atom is -0.497 e. The number of ether oxygens (including phenoxy) is 1. The molecule has 1 amide bonds. The summed E-state index contributed by atoms with van der Waals surface area (Å²) in [5.74, 6) is 0.642. The molecule has 3 aromatic rings. The molecule has 172 valence electrons. The standard InChI is InChI=1S/C17H15NOS.C11H12N2O/c1-12-11-20-16-6-4-3-5-15(16)17(18-12)13-7-9-14(19-2)10-8-13;1-3-9(2)11(14)13-8-10-6-4-5-7-12-10/h3-11H,1-2H3;3-7H,1-2,8H2,(H,13,14). The first-order chi connectivity index (χ1) is 16.5. The van der Waals surface area contributed by atoms with Gasteiger partial charge in [-0.3, -0.25) is 14.8 Å². The maximum absolute atomic E-state index is 11.2. The quantitative estimate of drug-likeness (QED) is 0.358. The molecule has 0 saturated heterocycles. The summed E-state index contributed by atoms with van der Waals surface area (Å²) in [5.41, 5.74) is 5.50. The van der Waals surface area contributed by atoms with Gasteiger partial charge in [-0.2, -0.15) is 0 Å². The maximum Gasteiger partial charge on any atom is 0.250 e. The van der Waals surface area contributed by atoms with Crippen LogP contribution in [-0.4, -0.2) is 23.7 Å². The fraction of sp³-hybridized carbons (Fsp3) is 0.107. The Labute approximate surface area is 205 Å². The molecule has 1 aliphatic heterocycles. The fourth-order valence-electron chi connectivity index (χ4n) is 3.03. The van der Waals surface area contributed by atoms with Gasteiger partial charge in [0.25, 0.3) is 5.91 Å². The first-order valence-electron chi connectivity index (χ1n) is 10.7. The summed E-state index contributed by atoms with van der Waals surface area (Å²) in [7, 11) is 1.68. The van der Waals surface area contributed by atoms with Crippen molar-refractivity contribution in [2.24, 2.45) is 4.99 Å². The summed E-state index contributed by atoms with van der Waals surface area (Å²) in [6.45, 7) is 9.43. The van der Waals surface area contributed by atoms with Gasteiger partial charge in [-0.15, -0.1) is 0 Å². The van der Waals surface area contributed by atoms with E-state index in [9.17, 15) is 4.79 Å². The zero-order valence-electron chi connectivity index (χ0n) is 19.3. The Kier molecular flexibility index (Phi) is 9.00. The van der Waals surface area contributed by atoms with Crippen LogP contribution in [0.5, 0.6) is 5.75 Å². The van der Waals surface area contributed by atoms with Crippen molar-refractivity contribution in [1.29, 1.82) is 0 Å². The summed E-state index contributed by atoms with van der Waals surface area (Å²) >= 11 is 1.72. The molecule has 6 heteroatoms. The van der Waals surface area contributed by atoms with E-state index >= 15 is 0 Å². The second-order valence-electron chi connectivity index (χ2n) is 7.30. The van der Waals surface area contributed by atoms with Crippen LogP contribution in [0.25, 0.3) is 0 Å². The molecule has 5 nitrogen and oxygen atoms in total. The molecule has 2 aromatic carbocycles. The molecule has 0 aliphatic carbocycles. The number of aromatic nitrogens is 1. The third kappa shape index (κ3) is 6.80. The monoisotopic (exact) mass is 469 g/mol. The number of thioether (sulfide) groups is 1. The fourth-order valence-corrected chi connectivity index (χ4v) is 3.82. The molecule has 0 bridgehead atoms. The van der Waals surface area contributed by atoms with Crippen LogP contribution in [0.15, 0.2) is 119 Å². The van der Waals surface area contributed by atoms with Crippen LogP contribution in [0.3, 0.4) is 0 Å². The normalized spacial score (nSPS) is 11.9. The number of carbonyl (C=O) groups is 1. The van der Waals surface area contributed by atoms with E-state index in [1.54, 1.807) is 25.1 Å². The van der Waals surface area contributed by atoms with Gasteiger partial charge < -0.3 is 10.1 Å². The molecule has 0 unspecified atom stereocenters. The Hall–Kier alpha value is -3.90. The van der Waals surface area contributed by atoms with Crippen molar-refractivity contribution >= 4 is 23.4 Å². The van der Waals surface area contributed by atoms with E-state index in [2.05, 4.69) is 65.3 Å². The number of nitrogens with one attached hydrogen (secondary N) is 1. The summed E-state index contributed by atoms with van der Waals surface area (Å²) in [5, 5.41) is 4.77. The van der Waals surface area contributed by atoms with Gasteiger partial charge in [0, 0.05) is 33.5 Å². The lowest BCUT2D eigenvalue weighted by Gasteiger charge is -2.10. The number of hydrogen-bond acceptors (Lipinski definition) is 5. The number of benzene rings is 2. The van der Waals surface area contributed by atoms with Crippen LogP contribution >= 0.6 is 11.8 Å². The Morgan fingerprint density at radius 2 is 1.82 bits per heavy atom. The smallest absolute Gasteiger partial charge is 0.250 e. The number of fused-ring (bicyclic) bond motifs is 1. The van der Waals surface area contributed by atoms with Crippen LogP contribution < -0.4 is 10.1 Å². The topological polar surface area (TPSA) is 63.6 Å². The van der Waals surface area contributed by atoms with Crippen LogP contribution in [0.4, 0.5) is 0 Å². The second kappa shape index (κ2) is 12.4. The highest BCUT2D eigenvalue weighted by molar-refractivity contribution is 8.02. The highest BCUT2D eigenvalue weighted by Gasteiger charge is 2.14. The predicted molar refractivity (Wildman–Crippen MR) is 140 cm³/mol. The van der Waals surface area contributed by atoms with Gasteiger partial charge in [-0.05, 0) is 54.8 Å². The number of amides is 1. The highest BCUT2D eigenvalue weighted by atomic mass is 32.2. The first kappa shape index (κ1) is 24.7. The molecule has 0 radical (unpaired) electrons. The molecule has 1 aliphatic rings. The number of rotatable bonds is 6. The molecule has 0 saturated carbocycles. The van der Waals surface area contributed by atoms with Gasteiger partial charge in [-0.1, -0.05) is 55.3 Å². The minimum absolute atomic E-state index is 0.217. The number of hydrogen-bond donors (Lipinski definition) is 1. The second-order valence-corrected chi connectivity index (χ2v) is 8.21. The van der Waals surface area contributed by atoms with E-state index in [1.807, 2.05) is 37.3 Å².